The van der Waals surface area contributed by atoms with Gasteiger partial charge in [0.25, 0.3) is 5.91 Å². The Morgan fingerprint density at radius 3 is 2.95 bits per heavy atom. The van der Waals surface area contributed by atoms with Gasteiger partial charge in [-0.05, 0) is 30.9 Å². The van der Waals surface area contributed by atoms with Gasteiger partial charge in [-0.2, -0.15) is 0 Å². The molecule has 0 atom stereocenters. The zero-order chi connectivity index (χ0) is 13.7. The van der Waals surface area contributed by atoms with Crippen LogP contribution >= 0.6 is 0 Å². The number of aromatic nitrogens is 1. The lowest BCUT2D eigenvalue weighted by atomic mass is 10.00. The Balaban J connectivity index is 1.97. The van der Waals surface area contributed by atoms with E-state index in [2.05, 4.69) is 10.3 Å². The van der Waals surface area contributed by atoms with Crippen molar-refractivity contribution in [3.8, 4) is 0 Å². The van der Waals surface area contributed by atoms with Crippen LogP contribution in [0, 0.1) is 5.92 Å². The maximum atomic E-state index is 12.3. The van der Waals surface area contributed by atoms with Crippen molar-refractivity contribution in [2.45, 2.75) is 12.8 Å². The lowest BCUT2D eigenvalue weighted by Gasteiger charge is -2.27. The standard InChI is InChI=1S/C14H21N3O2/c1-15-12-3-6-16-13(9-12)14(18)17(2)10-11-4-7-19-8-5-11/h3,6,9,11H,4-5,7-8,10H2,1-2H3,(H,15,16). The number of amides is 1. The number of carbonyl (C=O) groups excluding carboxylic acids is 1. The fraction of sp³-hybridized carbons (Fsp3) is 0.571. The summed E-state index contributed by atoms with van der Waals surface area (Å²) in [6.07, 6.45) is 3.71. The number of nitrogens with one attached hydrogen (secondary N) is 1. The minimum Gasteiger partial charge on any atom is -0.388 e. The van der Waals surface area contributed by atoms with Gasteiger partial charge in [-0.15, -0.1) is 0 Å². The summed E-state index contributed by atoms with van der Waals surface area (Å²) in [5.41, 5.74) is 1.39. The van der Waals surface area contributed by atoms with Gasteiger partial charge in [-0.25, -0.2) is 0 Å². The zero-order valence-corrected chi connectivity index (χ0v) is 11.6. The van der Waals surface area contributed by atoms with Crippen molar-refractivity contribution in [1.82, 2.24) is 9.88 Å². The van der Waals surface area contributed by atoms with Gasteiger partial charge >= 0.3 is 0 Å². The molecule has 1 aliphatic rings. The molecule has 104 valence electrons. The monoisotopic (exact) mass is 263 g/mol. The van der Waals surface area contributed by atoms with Crippen LogP contribution in [0.3, 0.4) is 0 Å². The van der Waals surface area contributed by atoms with E-state index in [4.69, 9.17) is 4.74 Å². The van der Waals surface area contributed by atoms with E-state index in [1.165, 1.54) is 0 Å². The fourth-order valence-electron chi connectivity index (χ4n) is 2.30. The second kappa shape index (κ2) is 6.52. The predicted molar refractivity (Wildman–Crippen MR) is 74.3 cm³/mol. The van der Waals surface area contributed by atoms with Crippen LogP contribution in [-0.2, 0) is 4.74 Å². The molecule has 1 aromatic rings. The number of ether oxygens (including phenoxy) is 1. The van der Waals surface area contributed by atoms with Gasteiger partial charge in [0.15, 0.2) is 0 Å². The first-order chi connectivity index (χ1) is 9.20. The first-order valence-electron chi connectivity index (χ1n) is 6.67. The van der Waals surface area contributed by atoms with Crippen molar-refractivity contribution >= 4 is 11.6 Å². The molecule has 1 aliphatic heterocycles. The Morgan fingerprint density at radius 1 is 1.53 bits per heavy atom. The van der Waals surface area contributed by atoms with E-state index in [1.54, 1.807) is 17.2 Å². The zero-order valence-electron chi connectivity index (χ0n) is 11.6. The maximum absolute atomic E-state index is 12.3. The van der Waals surface area contributed by atoms with Crippen molar-refractivity contribution in [3.63, 3.8) is 0 Å². The van der Waals surface area contributed by atoms with Crippen LogP contribution in [0.15, 0.2) is 18.3 Å². The fourth-order valence-corrected chi connectivity index (χ4v) is 2.30. The molecule has 0 saturated carbocycles. The van der Waals surface area contributed by atoms with E-state index in [-0.39, 0.29) is 5.91 Å². The van der Waals surface area contributed by atoms with Crippen LogP contribution < -0.4 is 5.32 Å². The summed E-state index contributed by atoms with van der Waals surface area (Å²) in [4.78, 5) is 18.2. The number of hydrogen-bond donors (Lipinski definition) is 1. The number of pyridine rings is 1. The van der Waals surface area contributed by atoms with Crippen LogP contribution in [0.1, 0.15) is 23.3 Å². The van der Waals surface area contributed by atoms with Crippen molar-refractivity contribution in [3.05, 3.63) is 24.0 Å². The smallest absolute Gasteiger partial charge is 0.272 e. The van der Waals surface area contributed by atoms with Gasteiger partial charge in [0, 0.05) is 45.7 Å². The molecular formula is C14H21N3O2. The average molecular weight is 263 g/mol. The Hall–Kier alpha value is -1.62. The highest BCUT2D eigenvalue weighted by molar-refractivity contribution is 5.92. The average Bonchev–Trinajstić information content (AvgIpc) is 2.47. The summed E-state index contributed by atoms with van der Waals surface area (Å²) in [5.74, 6) is 0.513. The second-order valence-electron chi connectivity index (χ2n) is 4.92. The molecule has 2 rings (SSSR count). The van der Waals surface area contributed by atoms with Crippen molar-refractivity contribution in [1.29, 1.82) is 0 Å². The van der Waals surface area contributed by atoms with Gasteiger partial charge in [0.2, 0.25) is 0 Å². The molecule has 5 nitrogen and oxygen atoms in total. The molecule has 1 fully saturated rings. The molecule has 1 aromatic heterocycles. The maximum Gasteiger partial charge on any atom is 0.272 e. The lowest BCUT2D eigenvalue weighted by molar-refractivity contribution is 0.0495. The highest BCUT2D eigenvalue weighted by Gasteiger charge is 2.20. The minimum absolute atomic E-state index is 0.0245. The molecular weight excluding hydrogens is 242 g/mol. The largest absolute Gasteiger partial charge is 0.388 e. The van der Waals surface area contributed by atoms with Crippen molar-refractivity contribution < 1.29 is 9.53 Å². The molecule has 1 amide bonds. The molecule has 0 spiro atoms. The van der Waals surface area contributed by atoms with E-state index >= 15 is 0 Å². The second-order valence-corrected chi connectivity index (χ2v) is 4.92. The molecule has 1 saturated heterocycles. The van der Waals surface area contributed by atoms with E-state index in [9.17, 15) is 4.79 Å². The Labute approximate surface area is 114 Å². The molecule has 19 heavy (non-hydrogen) atoms. The molecule has 0 radical (unpaired) electrons. The molecule has 0 aromatic carbocycles. The number of carbonyl (C=O) groups is 1. The highest BCUT2D eigenvalue weighted by Crippen LogP contribution is 2.17. The van der Waals surface area contributed by atoms with Crippen LogP contribution in [-0.4, -0.2) is 49.6 Å². The number of rotatable bonds is 4. The van der Waals surface area contributed by atoms with Gasteiger partial charge in [-0.1, -0.05) is 0 Å². The van der Waals surface area contributed by atoms with E-state index in [0.29, 0.717) is 11.6 Å². The van der Waals surface area contributed by atoms with Crippen molar-refractivity contribution in [2.75, 3.05) is 39.2 Å². The molecule has 0 bridgehead atoms. The Kier molecular flexibility index (Phi) is 4.74. The molecule has 0 aliphatic carbocycles. The highest BCUT2D eigenvalue weighted by atomic mass is 16.5. The normalized spacial score (nSPS) is 16.1. The number of nitrogens with zero attached hydrogens (tertiary/aromatic N) is 2. The summed E-state index contributed by atoms with van der Waals surface area (Å²) >= 11 is 0. The topological polar surface area (TPSA) is 54.5 Å². The summed E-state index contributed by atoms with van der Waals surface area (Å²) < 4.78 is 5.33. The van der Waals surface area contributed by atoms with Crippen LogP contribution in [0.4, 0.5) is 5.69 Å². The summed E-state index contributed by atoms with van der Waals surface area (Å²) in [7, 11) is 3.67. The quantitative estimate of drug-likeness (QED) is 0.897. The number of hydrogen-bond acceptors (Lipinski definition) is 4. The third-order valence-electron chi connectivity index (χ3n) is 3.49. The van der Waals surface area contributed by atoms with E-state index < -0.39 is 0 Å². The summed E-state index contributed by atoms with van der Waals surface area (Å²) in [6.45, 7) is 2.38. The third-order valence-corrected chi connectivity index (χ3v) is 3.49. The molecule has 5 heteroatoms. The molecule has 1 N–H and O–H groups in total. The minimum atomic E-state index is -0.0245. The lowest BCUT2D eigenvalue weighted by Crippen LogP contribution is -2.34. The summed E-state index contributed by atoms with van der Waals surface area (Å²) in [5, 5.41) is 3.02. The molecule has 2 heterocycles. The van der Waals surface area contributed by atoms with Gasteiger partial charge in [0.05, 0.1) is 0 Å². The predicted octanol–water partition coefficient (Wildman–Crippen LogP) is 1.62. The van der Waals surface area contributed by atoms with Gasteiger partial charge < -0.3 is 15.0 Å². The Bertz CT molecular complexity index is 430. The van der Waals surface area contributed by atoms with Crippen LogP contribution in [0.5, 0.6) is 0 Å². The SMILES string of the molecule is CNc1ccnc(C(=O)N(C)CC2CCOCC2)c1. The van der Waals surface area contributed by atoms with Gasteiger partial charge in [0.1, 0.15) is 5.69 Å². The van der Waals surface area contributed by atoms with Gasteiger partial charge in [-0.3, -0.25) is 9.78 Å². The molecule has 0 unspecified atom stereocenters. The Morgan fingerprint density at radius 2 is 2.26 bits per heavy atom. The first-order valence-corrected chi connectivity index (χ1v) is 6.67. The van der Waals surface area contributed by atoms with Crippen molar-refractivity contribution in [2.24, 2.45) is 5.92 Å². The van der Waals surface area contributed by atoms with Crippen LogP contribution in [0.25, 0.3) is 0 Å². The number of anilines is 1. The third kappa shape index (κ3) is 3.67. The van der Waals surface area contributed by atoms with E-state index in [1.807, 2.05) is 20.2 Å². The first kappa shape index (κ1) is 13.8. The van der Waals surface area contributed by atoms with Crippen LogP contribution in [0.2, 0.25) is 0 Å². The van der Waals surface area contributed by atoms with E-state index in [0.717, 1.165) is 38.3 Å². The summed E-state index contributed by atoms with van der Waals surface area (Å²) in [6, 6.07) is 3.62.